The SMILES string of the molecule is Cc1nnc(C2CCC(NC(=O)c3cnc(-n4nc(C(F)F)c5ccccc54)nc3)CC2)o1. The van der Waals surface area contributed by atoms with Gasteiger partial charge in [-0.15, -0.1) is 10.2 Å². The van der Waals surface area contributed by atoms with Gasteiger partial charge >= 0.3 is 0 Å². The molecule has 3 heterocycles. The van der Waals surface area contributed by atoms with Gasteiger partial charge in [-0.25, -0.2) is 18.7 Å². The molecule has 0 atom stereocenters. The molecule has 1 amide bonds. The fourth-order valence-electron chi connectivity index (χ4n) is 4.18. The van der Waals surface area contributed by atoms with Crippen molar-refractivity contribution in [3.8, 4) is 5.95 Å². The van der Waals surface area contributed by atoms with Crippen LogP contribution in [0.3, 0.4) is 0 Å². The Morgan fingerprint density at radius 2 is 1.85 bits per heavy atom. The summed E-state index contributed by atoms with van der Waals surface area (Å²) in [6, 6.07) is 6.68. The summed E-state index contributed by atoms with van der Waals surface area (Å²) < 4.78 is 33.5. The van der Waals surface area contributed by atoms with Gasteiger partial charge in [-0.1, -0.05) is 18.2 Å². The molecule has 3 aromatic heterocycles. The van der Waals surface area contributed by atoms with Crippen LogP contribution in [0.25, 0.3) is 16.9 Å². The summed E-state index contributed by atoms with van der Waals surface area (Å²) in [7, 11) is 0. The van der Waals surface area contributed by atoms with E-state index in [0.717, 1.165) is 25.7 Å². The number of carbonyl (C=O) groups is 1. The second-order valence-electron chi connectivity index (χ2n) is 8.07. The number of para-hydroxylation sites is 1. The fourth-order valence-corrected chi connectivity index (χ4v) is 4.18. The van der Waals surface area contributed by atoms with Gasteiger partial charge in [0.2, 0.25) is 11.8 Å². The quantitative estimate of drug-likeness (QED) is 0.488. The topological polar surface area (TPSA) is 112 Å². The first-order chi connectivity index (χ1) is 16.0. The normalized spacial score (nSPS) is 18.7. The van der Waals surface area contributed by atoms with Crippen molar-refractivity contribution in [1.82, 2.24) is 35.3 Å². The second-order valence-corrected chi connectivity index (χ2v) is 8.07. The minimum atomic E-state index is -2.72. The molecule has 11 heteroatoms. The first-order valence-corrected chi connectivity index (χ1v) is 10.7. The van der Waals surface area contributed by atoms with E-state index in [9.17, 15) is 13.6 Å². The summed E-state index contributed by atoms with van der Waals surface area (Å²) in [6.45, 7) is 1.77. The lowest BCUT2D eigenvalue weighted by molar-refractivity contribution is 0.0924. The Bertz CT molecular complexity index is 1280. The molecule has 1 fully saturated rings. The van der Waals surface area contributed by atoms with Crippen molar-refractivity contribution in [3.05, 3.63) is 59.7 Å². The number of rotatable bonds is 5. The first-order valence-electron chi connectivity index (χ1n) is 10.7. The molecule has 1 aromatic carbocycles. The van der Waals surface area contributed by atoms with E-state index >= 15 is 0 Å². The zero-order valence-corrected chi connectivity index (χ0v) is 17.8. The van der Waals surface area contributed by atoms with Crippen molar-refractivity contribution >= 4 is 16.8 Å². The predicted octanol–water partition coefficient (Wildman–Crippen LogP) is 3.90. The molecular weight excluding hydrogens is 432 g/mol. The summed E-state index contributed by atoms with van der Waals surface area (Å²) in [4.78, 5) is 21.1. The molecule has 1 aliphatic carbocycles. The van der Waals surface area contributed by atoms with Gasteiger partial charge in [-0.3, -0.25) is 4.79 Å². The van der Waals surface area contributed by atoms with Crippen LogP contribution in [0.2, 0.25) is 0 Å². The maximum absolute atomic E-state index is 13.4. The van der Waals surface area contributed by atoms with Crippen LogP contribution in [0.5, 0.6) is 0 Å². The van der Waals surface area contributed by atoms with Crippen LogP contribution in [0, 0.1) is 6.92 Å². The van der Waals surface area contributed by atoms with E-state index in [1.165, 1.54) is 17.1 Å². The number of amides is 1. The van der Waals surface area contributed by atoms with Gasteiger partial charge in [-0.05, 0) is 31.7 Å². The maximum Gasteiger partial charge on any atom is 0.282 e. The molecule has 9 nitrogen and oxygen atoms in total. The van der Waals surface area contributed by atoms with E-state index in [1.54, 1.807) is 31.2 Å². The number of benzene rings is 1. The van der Waals surface area contributed by atoms with Crippen molar-refractivity contribution in [2.24, 2.45) is 0 Å². The van der Waals surface area contributed by atoms with E-state index in [1.807, 2.05) is 0 Å². The van der Waals surface area contributed by atoms with E-state index in [2.05, 4.69) is 30.6 Å². The van der Waals surface area contributed by atoms with Gasteiger partial charge < -0.3 is 9.73 Å². The summed E-state index contributed by atoms with van der Waals surface area (Å²) in [6.07, 6.45) is 3.33. The van der Waals surface area contributed by atoms with Gasteiger partial charge in [0.15, 0.2) is 0 Å². The summed E-state index contributed by atoms with van der Waals surface area (Å²) in [5.41, 5.74) is 0.430. The molecule has 1 saturated carbocycles. The molecule has 0 saturated heterocycles. The molecule has 0 radical (unpaired) electrons. The van der Waals surface area contributed by atoms with Crippen LogP contribution >= 0.6 is 0 Å². The Hall–Kier alpha value is -3.76. The Kier molecular flexibility index (Phi) is 5.53. The number of alkyl halides is 2. The number of carbonyl (C=O) groups excluding carboxylic acids is 1. The third kappa shape index (κ3) is 4.18. The van der Waals surface area contributed by atoms with E-state index < -0.39 is 6.43 Å². The Morgan fingerprint density at radius 3 is 2.52 bits per heavy atom. The maximum atomic E-state index is 13.4. The zero-order valence-electron chi connectivity index (χ0n) is 17.8. The standard InChI is InChI=1S/C22H21F2N7O2/c1-12-28-29-21(33-12)13-6-8-15(9-7-13)27-20(32)14-10-25-22(26-11-14)31-17-5-3-2-4-16(17)18(30-31)19(23)24/h2-5,10-11,13,15,19H,6-9H2,1H3,(H,27,32). The third-order valence-electron chi connectivity index (χ3n) is 5.87. The molecule has 5 rings (SSSR count). The van der Waals surface area contributed by atoms with Crippen molar-refractivity contribution in [2.45, 2.75) is 51.0 Å². The van der Waals surface area contributed by atoms with Crippen LogP contribution in [-0.4, -0.2) is 41.9 Å². The van der Waals surface area contributed by atoms with Gasteiger partial charge in [0.25, 0.3) is 18.3 Å². The van der Waals surface area contributed by atoms with E-state index in [-0.39, 0.29) is 29.5 Å². The van der Waals surface area contributed by atoms with E-state index in [4.69, 9.17) is 4.42 Å². The third-order valence-corrected chi connectivity index (χ3v) is 5.87. The summed E-state index contributed by atoms with van der Waals surface area (Å²) >= 11 is 0. The van der Waals surface area contributed by atoms with Gasteiger partial charge in [0.1, 0.15) is 5.69 Å². The van der Waals surface area contributed by atoms with Crippen molar-refractivity contribution in [3.63, 3.8) is 0 Å². The van der Waals surface area contributed by atoms with E-state index in [0.29, 0.717) is 28.2 Å². The molecule has 1 aliphatic rings. The Labute approximate surface area is 187 Å². The lowest BCUT2D eigenvalue weighted by atomic mass is 9.86. The number of nitrogens with one attached hydrogen (secondary N) is 1. The number of halogens is 2. The summed E-state index contributed by atoms with van der Waals surface area (Å²) in [5.74, 6) is 1.26. The molecule has 0 aliphatic heterocycles. The minimum Gasteiger partial charge on any atom is -0.425 e. The average Bonchev–Trinajstić information content (AvgIpc) is 3.44. The predicted molar refractivity (Wildman–Crippen MR) is 113 cm³/mol. The Balaban J connectivity index is 1.26. The van der Waals surface area contributed by atoms with Crippen molar-refractivity contribution in [2.75, 3.05) is 0 Å². The highest BCUT2D eigenvalue weighted by molar-refractivity contribution is 5.93. The minimum absolute atomic E-state index is 0.0288. The number of hydrogen-bond donors (Lipinski definition) is 1. The van der Waals surface area contributed by atoms with Crippen molar-refractivity contribution in [1.29, 1.82) is 0 Å². The summed E-state index contributed by atoms with van der Waals surface area (Å²) in [5, 5.41) is 15.3. The molecular formula is C22H21F2N7O2. The highest BCUT2D eigenvalue weighted by atomic mass is 19.3. The smallest absolute Gasteiger partial charge is 0.282 e. The van der Waals surface area contributed by atoms with Crippen LogP contribution in [0.4, 0.5) is 8.78 Å². The number of aryl methyl sites for hydroxylation is 1. The first kappa shape index (κ1) is 21.1. The fraction of sp³-hybridized carbons (Fsp3) is 0.364. The molecule has 170 valence electrons. The van der Waals surface area contributed by atoms with Crippen molar-refractivity contribution < 1.29 is 18.0 Å². The highest BCUT2D eigenvalue weighted by Gasteiger charge is 2.27. The van der Waals surface area contributed by atoms with Gasteiger partial charge in [-0.2, -0.15) is 9.78 Å². The molecule has 4 aromatic rings. The number of nitrogens with zero attached hydrogens (tertiary/aromatic N) is 6. The molecule has 33 heavy (non-hydrogen) atoms. The number of aromatic nitrogens is 6. The zero-order chi connectivity index (χ0) is 22.9. The average molecular weight is 453 g/mol. The lowest BCUT2D eigenvalue weighted by Gasteiger charge is -2.27. The molecule has 1 N–H and O–H groups in total. The molecule has 0 spiro atoms. The van der Waals surface area contributed by atoms with Crippen LogP contribution in [0.1, 0.15) is 65.9 Å². The number of fused-ring (bicyclic) bond motifs is 1. The van der Waals surface area contributed by atoms with Crippen LogP contribution < -0.4 is 5.32 Å². The Morgan fingerprint density at radius 1 is 1.12 bits per heavy atom. The van der Waals surface area contributed by atoms with Crippen LogP contribution in [0.15, 0.2) is 41.1 Å². The molecule has 0 bridgehead atoms. The monoisotopic (exact) mass is 453 g/mol. The second kappa shape index (κ2) is 8.64. The lowest BCUT2D eigenvalue weighted by Crippen LogP contribution is -2.37. The largest absolute Gasteiger partial charge is 0.425 e. The van der Waals surface area contributed by atoms with Crippen LogP contribution in [-0.2, 0) is 0 Å². The number of hydrogen-bond acceptors (Lipinski definition) is 7. The van der Waals surface area contributed by atoms with Gasteiger partial charge in [0.05, 0.1) is 11.1 Å². The van der Waals surface area contributed by atoms with Gasteiger partial charge in [0, 0.05) is 36.7 Å². The highest BCUT2D eigenvalue weighted by Crippen LogP contribution is 2.32. The molecule has 0 unspecified atom stereocenters.